The zero-order valence-corrected chi connectivity index (χ0v) is 21.9. The van der Waals surface area contributed by atoms with Crippen molar-refractivity contribution in [3.05, 3.63) is 116 Å². The van der Waals surface area contributed by atoms with Crippen LogP contribution in [0.25, 0.3) is 4.96 Å². The lowest BCUT2D eigenvalue weighted by atomic mass is 10.2. The summed E-state index contributed by atoms with van der Waals surface area (Å²) in [5.74, 6) is 0.119. The molecule has 5 rings (SSSR count). The monoisotopic (exact) mass is 544 g/mol. The number of aryl methyl sites for hydroxylation is 2. The highest BCUT2D eigenvalue weighted by molar-refractivity contribution is 7.19. The number of carbonyl (C=O) groups is 2. The predicted octanol–water partition coefficient (Wildman–Crippen LogP) is 6.32. The van der Waals surface area contributed by atoms with E-state index in [2.05, 4.69) is 15.6 Å². The van der Waals surface area contributed by atoms with Crippen molar-refractivity contribution in [3.8, 4) is 11.5 Å². The van der Waals surface area contributed by atoms with Crippen molar-refractivity contribution < 1.29 is 14.3 Å². The van der Waals surface area contributed by atoms with Gasteiger partial charge in [-0.15, -0.1) is 0 Å². The number of fused-ring (bicyclic) bond motifs is 1. The predicted molar refractivity (Wildman–Crippen MR) is 149 cm³/mol. The van der Waals surface area contributed by atoms with Gasteiger partial charge >= 0.3 is 0 Å². The Morgan fingerprint density at radius 1 is 0.895 bits per heavy atom. The number of benzene rings is 3. The molecule has 2 heterocycles. The molecule has 2 aromatic heterocycles. The van der Waals surface area contributed by atoms with Crippen LogP contribution in [-0.2, 0) is 0 Å². The van der Waals surface area contributed by atoms with E-state index < -0.39 is 17.4 Å². The van der Waals surface area contributed by atoms with Crippen LogP contribution in [-0.4, -0.2) is 21.2 Å². The molecule has 10 heteroatoms. The lowest BCUT2D eigenvalue weighted by molar-refractivity contribution is 0.0989. The zero-order valence-electron chi connectivity index (χ0n) is 20.3. The Labute approximate surface area is 226 Å². The van der Waals surface area contributed by atoms with Gasteiger partial charge < -0.3 is 15.4 Å². The molecule has 5 aromatic rings. The molecule has 0 fully saturated rings. The Kier molecular flexibility index (Phi) is 6.95. The number of aromatic nitrogens is 2. The summed E-state index contributed by atoms with van der Waals surface area (Å²) in [5, 5.41) is 6.11. The Morgan fingerprint density at radius 3 is 2.32 bits per heavy atom. The first-order valence-corrected chi connectivity index (χ1v) is 12.7. The molecule has 2 N–H and O–H groups in total. The van der Waals surface area contributed by atoms with E-state index in [0.717, 1.165) is 21.3 Å². The number of halogens is 1. The standard InChI is InChI=1S/C28H21ClN4O4S/c1-16-14-18(29)8-13-22(16)32-26(35)24-25(38-28-30-17(2)15-23(34)33(24)28)27(36)31-19-9-11-21(12-10-19)37-20-6-4-3-5-7-20/h3-15H,1-2H3,(H,31,36)(H,32,35). The average molecular weight is 545 g/mol. The molecule has 0 radical (unpaired) electrons. The van der Waals surface area contributed by atoms with Gasteiger partial charge in [0, 0.05) is 28.2 Å². The summed E-state index contributed by atoms with van der Waals surface area (Å²) in [7, 11) is 0. The minimum atomic E-state index is -0.619. The molecule has 0 aliphatic rings. The number of anilines is 2. The van der Waals surface area contributed by atoms with Crippen LogP contribution in [0.5, 0.6) is 11.5 Å². The van der Waals surface area contributed by atoms with E-state index in [9.17, 15) is 14.4 Å². The lowest BCUT2D eigenvalue weighted by Crippen LogP contribution is -2.25. The lowest BCUT2D eigenvalue weighted by Gasteiger charge is -2.11. The summed E-state index contributed by atoms with van der Waals surface area (Å²) in [6, 6.07) is 22.5. The number of amides is 2. The van der Waals surface area contributed by atoms with Crippen LogP contribution >= 0.6 is 22.9 Å². The number of carbonyl (C=O) groups excluding carboxylic acids is 2. The van der Waals surface area contributed by atoms with Crippen molar-refractivity contribution in [2.45, 2.75) is 13.8 Å². The van der Waals surface area contributed by atoms with E-state index in [-0.39, 0.29) is 15.5 Å². The zero-order chi connectivity index (χ0) is 26.8. The van der Waals surface area contributed by atoms with Crippen LogP contribution in [0.1, 0.15) is 31.4 Å². The molecule has 0 saturated carbocycles. The number of thiazole rings is 1. The van der Waals surface area contributed by atoms with Crippen LogP contribution in [0.15, 0.2) is 83.7 Å². The molecule has 0 saturated heterocycles. The average Bonchev–Trinajstić information content (AvgIpc) is 3.28. The van der Waals surface area contributed by atoms with Crippen LogP contribution in [0.4, 0.5) is 11.4 Å². The molecule has 38 heavy (non-hydrogen) atoms. The number of nitrogens with one attached hydrogen (secondary N) is 2. The van der Waals surface area contributed by atoms with Crippen LogP contribution < -0.4 is 20.9 Å². The van der Waals surface area contributed by atoms with E-state index in [1.807, 2.05) is 30.3 Å². The second-order valence-corrected chi connectivity index (χ2v) is 9.85. The topological polar surface area (TPSA) is 102 Å². The van der Waals surface area contributed by atoms with Crippen molar-refractivity contribution in [2.24, 2.45) is 0 Å². The van der Waals surface area contributed by atoms with Crippen molar-refractivity contribution in [3.63, 3.8) is 0 Å². The highest BCUT2D eigenvalue weighted by Crippen LogP contribution is 2.27. The first kappa shape index (κ1) is 25.2. The van der Waals surface area contributed by atoms with Gasteiger partial charge in [0.05, 0.1) is 0 Å². The van der Waals surface area contributed by atoms with Gasteiger partial charge in [-0.1, -0.05) is 41.1 Å². The van der Waals surface area contributed by atoms with Crippen LogP contribution in [0.3, 0.4) is 0 Å². The van der Waals surface area contributed by atoms with Crippen molar-refractivity contribution in [1.82, 2.24) is 9.38 Å². The first-order valence-electron chi connectivity index (χ1n) is 11.5. The van der Waals surface area contributed by atoms with E-state index in [4.69, 9.17) is 16.3 Å². The summed E-state index contributed by atoms with van der Waals surface area (Å²) in [6.07, 6.45) is 0. The van der Waals surface area contributed by atoms with Crippen molar-refractivity contribution >= 4 is 51.1 Å². The summed E-state index contributed by atoms with van der Waals surface area (Å²) in [6.45, 7) is 3.47. The molecule has 2 amide bonds. The quantitative estimate of drug-likeness (QED) is 0.260. The first-order chi connectivity index (χ1) is 18.3. The summed E-state index contributed by atoms with van der Waals surface area (Å²) in [5.41, 5.74) is 1.66. The molecular weight excluding hydrogens is 524 g/mol. The van der Waals surface area contributed by atoms with E-state index in [0.29, 0.717) is 33.6 Å². The third-order valence-corrected chi connectivity index (χ3v) is 6.87. The number of para-hydroxylation sites is 1. The van der Waals surface area contributed by atoms with Crippen molar-refractivity contribution in [2.75, 3.05) is 10.6 Å². The van der Waals surface area contributed by atoms with Crippen LogP contribution in [0, 0.1) is 13.8 Å². The Morgan fingerprint density at radius 2 is 1.61 bits per heavy atom. The molecule has 0 unspecified atom stereocenters. The van der Waals surface area contributed by atoms with Gasteiger partial charge in [-0.3, -0.25) is 14.4 Å². The second kappa shape index (κ2) is 10.5. The van der Waals surface area contributed by atoms with E-state index in [1.54, 1.807) is 56.3 Å². The molecule has 8 nitrogen and oxygen atoms in total. The number of nitrogens with zero attached hydrogens (tertiary/aromatic N) is 2. The maximum atomic E-state index is 13.4. The van der Waals surface area contributed by atoms with Gasteiger partial charge in [0.25, 0.3) is 17.4 Å². The maximum absolute atomic E-state index is 13.4. The number of hydrogen-bond acceptors (Lipinski definition) is 6. The van der Waals surface area contributed by atoms with Crippen LogP contribution in [0.2, 0.25) is 5.02 Å². The SMILES string of the molecule is Cc1cc(=O)n2c(C(=O)Nc3ccc(Cl)cc3C)c(C(=O)Nc3ccc(Oc4ccccc4)cc3)sc2n1. The van der Waals surface area contributed by atoms with Gasteiger partial charge in [-0.25, -0.2) is 9.38 Å². The smallest absolute Gasteiger partial charge is 0.274 e. The fourth-order valence-corrected chi connectivity index (χ4v) is 5.11. The molecule has 0 spiro atoms. The second-order valence-electron chi connectivity index (χ2n) is 8.44. The fraction of sp³-hybridized carbons (Fsp3) is 0.0714. The Hall–Kier alpha value is -4.47. The Balaban J connectivity index is 1.46. The summed E-state index contributed by atoms with van der Waals surface area (Å²) >= 11 is 7.00. The molecule has 3 aromatic carbocycles. The fourth-order valence-electron chi connectivity index (χ4n) is 3.81. The molecule has 0 aliphatic carbocycles. The molecular formula is C28H21ClN4O4S. The highest BCUT2D eigenvalue weighted by atomic mass is 35.5. The van der Waals surface area contributed by atoms with Crippen molar-refractivity contribution in [1.29, 1.82) is 0 Å². The third-order valence-electron chi connectivity index (χ3n) is 5.60. The van der Waals surface area contributed by atoms with Gasteiger partial charge in [0.15, 0.2) is 4.96 Å². The third kappa shape index (κ3) is 5.29. The Bertz CT molecular complexity index is 1730. The molecule has 190 valence electrons. The number of hydrogen-bond donors (Lipinski definition) is 2. The van der Waals surface area contributed by atoms with Gasteiger partial charge in [-0.2, -0.15) is 0 Å². The summed E-state index contributed by atoms with van der Waals surface area (Å²) < 4.78 is 6.95. The molecule has 0 aliphatic heterocycles. The van der Waals surface area contributed by atoms with E-state index >= 15 is 0 Å². The number of rotatable bonds is 6. The van der Waals surface area contributed by atoms with Gasteiger partial charge in [0.2, 0.25) is 0 Å². The van der Waals surface area contributed by atoms with E-state index in [1.165, 1.54) is 6.07 Å². The van der Waals surface area contributed by atoms with Gasteiger partial charge in [-0.05, 0) is 74.0 Å². The van der Waals surface area contributed by atoms with Gasteiger partial charge in [0.1, 0.15) is 22.1 Å². The highest BCUT2D eigenvalue weighted by Gasteiger charge is 2.26. The molecule has 0 bridgehead atoms. The minimum absolute atomic E-state index is 0.0499. The number of ether oxygens (including phenoxy) is 1. The maximum Gasteiger partial charge on any atom is 0.274 e. The minimum Gasteiger partial charge on any atom is -0.457 e. The molecule has 0 atom stereocenters. The summed E-state index contributed by atoms with van der Waals surface area (Å²) in [4.78, 5) is 44.3. The largest absolute Gasteiger partial charge is 0.457 e. The normalized spacial score (nSPS) is 10.8.